The first kappa shape index (κ1) is 16.6. The number of carboxylic acids is 2. The summed E-state index contributed by atoms with van der Waals surface area (Å²) in [5, 5.41) is 19.7. The van der Waals surface area contributed by atoms with Crippen molar-refractivity contribution in [2.75, 3.05) is 31.6 Å². The van der Waals surface area contributed by atoms with Crippen molar-refractivity contribution >= 4 is 29.7 Å². The molecule has 0 saturated heterocycles. The Bertz CT molecular complexity index is 295. The number of nitrogens with zero attached hydrogens (tertiary/aromatic N) is 1. The third-order valence-corrected chi connectivity index (χ3v) is 2.89. The lowest BCUT2D eigenvalue weighted by atomic mass is 10.2. The van der Waals surface area contributed by atoms with E-state index in [0.717, 1.165) is 10.7 Å². The van der Waals surface area contributed by atoms with E-state index in [1.165, 1.54) is 0 Å². The zero-order valence-electron chi connectivity index (χ0n) is 10.4. The van der Waals surface area contributed by atoms with Crippen LogP contribution in [-0.2, 0) is 9.59 Å². The molecule has 0 saturated carbocycles. The Morgan fingerprint density at radius 3 is 2.11 bits per heavy atom. The van der Waals surface area contributed by atoms with Crippen LogP contribution in [0.4, 0.5) is 4.79 Å². The molecular formula is C10H18N2O5S. The summed E-state index contributed by atoms with van der Waals surface area (Å²) in [6.07, 6.45) is 1.94. The highest BCUT2D eigenvalue weighted by molar-refractivity contribution is 7.98. The van der Waals surface area contributed by atoms with Crippen molar-refractivity contribution in [3.8, 4) is 0 Å². The highest BCUT2D eigenvalue weighted by Crippen LogP contribution is 2.03. The molecule has 2 amide bonds. The summed E-state index contributed by atoms with van der Waals surface area (Å²) in [7, 11) is 0. The Balaban J connectivity index is 4.28. The molecule has 0 rings (SSSR count). The topological polar surface area (TPSA) is 107 Å². The molecule has 0 aliphatic rings. The molecule has 8 heteroatoms. The predicted octanol–water partition coefficient (Wildman–Crippen LogP) is 0.166. The van der Waals surface area contributed by atoms with Crippen LogP contribution in [0.15, 0.2) is 0 Å². The van der Waals surface area contributed by atoms with E-state index < -0.39 is 31.1 Å². The molecule has 0 bridgehead atoms. The van der Waals surface area contributed by atoms with Crippen LogP contribution in [0, 0.1) is 5.92 Å². The molecular weight excluding hydrogens is 260 g/mol. The molecule has 104 valence electrons. The van der Waals surface area contributed by atoms with Crippen molar-refractivity contribution in [3.05, 3.63) is 0 Å². The summed E-state index contributed by atoms with van der Waals surface area (Å²) in [5.41, 5.74) is 0. The third-order valence-electron chi connectivity index (χ3n) is 1.99. The van der Waals surface area contributed by atoms with Crippen molar-refractivity contribution in [1.29, 1.82) is 0 Å². The summed E-state index contributed by atoms with van der Waals surface area (Å²) in [6.45, 7) is 1.06. The number of aliphatic carboxylic acids is 2. The van der Waals surface area contributed by atoms with E-state index in [1.54, 1.807) is 11.8 Å². The second-order valence-electron chi connectivity index (χ2n) is 3.89. The van der Waals surface area contributed by atoms with Crippen LogP contribution in [0.5, 0.6) is 0 Å². The number of carbonyl (C=O) groups is 3. The summed E-state index contributed by atoms with van der Waals surface area (Å²) in [6, 6.07) is -0.673. The minimum atomic E-state index is -1.25. The molecule has 3 N–H and O–H groups in total. The first-order chi connectivity index (χ1) is 8.36. The minimum Gasteiger partial charge on any atom is -0.480 e. The molecule has 0 radical (unpaired) electrons. The van der Waals surface area contributed by atoms with E-state index in [1.807, 2.05) is 13.2 Å². The normalized spacial score (nSPS) is 11.7. The molecule has 1 unspecified atom stereocenters. The average Bonchev–Trinajstić information content (AvgIpc) is 2.24. The smallest absolute Gasteiger partial charge is 0.323 e. The fraction of sp³-hybridized carbons (Fsp3) is 0.700. The second-order valence-corrected chi connectivity index (χ2v) is 4.80. The second kappa shape index (κ2) is 8.62. The summed E-state index contributed by atoms with van der Waals surface area (Å²) in [5.74, 6) is -1.40. The van der Waals surface area contributed by atoms with E-state index in [4.69, 9.17) is 10.2 Å². The SMILES string of the molecule is CSCC(C)CNC(=O)N(CC(=O)O)CC(=O)O. The van der Waals surface area contributed by atoms with E-state index in [2.05, 4.69) is 5.32 Å². The number of carboxylic acid groups (broad SMARTS) is 2. The van der Waals surface area contributed by atoms with Gasteiger partial charge in [-0.15, -0.1) is 0 Å². The molecule has 0 aromatic carbocycles. The Kier molecular flexibility index (Phi) is 7.93. The Morgan fingerprint density at radius 1 is 1.22 bits per heavy atom. The molecule has 7 nitrogen and oxygen atoms in total. The van der Waals surface area contributed by atoms with Gasteiger partial charge in [0.05, 0.1) is 0 Å². The van der Waals surface area contributed by atoms with Crippen molar-refractivity contribution in [2.24, 2.45) is 5.92 Å². The molecule has 0 aliphatic carbocycles. The predicted molar refractivity (Wildman–Crippen MR) is 67.8 cm³/mol. The third kappa shape index (κ3) is 7.77. The molecule has 0 spiro atoms. The van der Waals surface area contributed by atoms with Gasteiger partial charge in [0, 0.05) is 6.54 Å². The van der Waals surface area contributed by atoms with E-state index in [-0.39, 0.29) is 5.92 Å². The first-order valence-corrected chi connectivity index (χ1v) is 6.71. The van der Waals surface area contributed by atoms with Gasteiger partial charge in [-0.05, 0) is 17.9 Å². The van der Waals surface area contributed by atoms with Crippen LogP contribution in [0.2, 0.25) is 0 Å². The fourth-order valence-electron chi connectivity index (χ4n) is 1.24. The maximum Gasteiger partial charge on any atom is 0.323 e. The van der Waals surface area contributed by atoms with Crippen LogP contribution >= 0.6 is 11.8 Å². The van der Waals surface area contributed by atoms with Gasteiger partial charge in [0.25, 0.3) is 0 Å². The monoisotopic (exact) mass is 278 g/mol. The summed E-state index contributed by atoms with van der Waals surface area (Å²) >= 11 is 1.64. The first-order valence-electron chi connectivity index (χ1n) is 5.32. The maximum absolute atomic E-state index is 11.6. The number of thioether (sulfide) groups is 1. The standard InChI is InChI=1S/C10H18N2O5S/c1-7(6-18-2)3-11-10(17)12(4-8(13)14)5-9(15)16/h7H,3-6H2,1-2H3,(H,11,17)(H,13,14)(H,15,16). The van der Waals surface area contributed by atoms with Crippen molar-refractivity contribution in [3.63, 3.8) is 0 Å². The molecule has 0 aliphatic heterocycles. The van der Waals surface area contributed by atoms with Gasteiger partial charge < -0.3 is 20.4 Å². The number of urea groups is 1. The van der Waals surface area contributed by atoms with Crippen molar-refractivity contribution < 1.29 is 24.6 Å². The van der Waals surface area contributed by atoms with Crippen LogP contribution in [0.1, 0.15) is 6.92 Å². The number of nitrogens with one attached hydrogen (secondary N) is 1. The van der Waals surface area contributed by atoms with Crippen LogP contribution in [-0.4, -0.2) is 64.7 Å². The Hall–Kier alpha value is -1.44. The quantitative estimate of drug-likeness (QED) is 0.584. The van der Waals surface area contributed by atoms with Gasteiger partial charge in [0.15, 0.2) is 0 Å². The maximum atomic E-state index is 11.6. The van der Waals surface area contributed by atoms with E-state index in [0.29, 0.717) is 6.54 Å². The summed E-state index contributed by atoms with van der Waals surface area (Å²) < 4.78 is 0. The molecule has 1 atom stereocenters. The van der Waals surface area contributed by atoms with Gasteiger partial charge in [0.2, 0.25) is 0 Å². The highest BCUT2D eigenvalue weighted by atomic mass is 32.2. The van der Waals surface area contributed by atoms with Gasteiger partial charge in [-0.3, -0.25) is 9.59 Å². The van der Waals surface area contributed by atoms with Gasteiger partial charge in [-0.25, -0.2) is 4.79 Å². The number of carbonyl (C=O) groups excluding carboxylic acids is 1. The number of rotatable bonds is 8. The number of amides is 2. The lowest BCUT2D eigenvalue weighted by Crippen LogP contribution is -2.46. The zero-order valence-corrected chi connectivity index (χ0v) is 11.2. The van der Waals surface area contributed by atoms with E-state index >= 15 is 0 Å². The molecule has 0 aromatic rings. The molecule has 0 fully saturated rings. The lowest BCUT2D eigenvalue weighted by Gasteiger charge is -2.20. The number of hydrogen-bond acceptors (Lipinski definition) is 4. The van der Waals surface area contributed by atoms with Crippen molar-refractivity contribution in [2.45, 2.75) is 6.92 Å². The van der Waals surface area contributed by atoms with Crippen LogP contribution < -0.4 is 5.32 Å². The van der Waals surface area contributed by atoms with Gasteiger partial charge >= 0.3 is 18.0 Å². The minimum absolute atomic E-state index is 0.237. The van der Waals surface area contributed by atoms with E-state index in [9.17, 15) is 14.4 Å². The zero-order chi connectivity index (χ0) is 14.1. The highest BCUT2D eigenvalue weighted by Gasteiger charge is 2.19. The summed E-state index contributed by atoms with van der Waals surface area (Å²) in [4.78, 5) is 33.4. The Labute approximate surface area is 110 Å². The van der Waals surface area contributed by atoms with Gasteiger partial charge in [0.1, 0.15) is 13.1 Å². The Morgan fingerprint density at radius 2 is 1.72 bits per heavy atom. The molecule has 0 aromatic heterocycles. The van der Waals surface area contributed by atoms with Gasteiger partial charge in [-0.1, -0.05) is 6.92 Å². The van der Waals surface area contributed by atoms with Crippen LogP contribution in [0.25, 0.3) is 0 Å². The number of hydrogen-bond donors (Lipinski definition) is 3. The van der Waals surface area contributed by atoms with Crippen LogP contribution in [0.3, 0.4) is 0 Å². The fourth-order valence-corrected chi connectivity index (χ4v) is 1.93. The lowest BCUT2D eigenvalue weighted by molar-refractivity contribution is -0.140. The molecule has 18 heavy (non-hydrogen) atoms. The average molecular weight is 278 g/mol. The molecule has 0 heterocycles. The van der Waals surface area contributed by atoms with Crippen molar-refractivity contribution in [1.82, 2.24) is 10.2 Å². The largest absolute Gasteiger partial charge is 0.480 e. The van der Waals surface area contributed by atoms with Gasteiger partial charge in [-0.2, -0.15) is 11.8 Å².